The van der Waals surface area contributed by atoms with Gasteiger partial charge in [0, 0.05) is 33.5 Å². The van der Waals surface area contributed by atoms with Crippen LogP contribution in [-0.2, 0) is 42.7 Å². The standard InChI is InChI=1S/C48H82N2O16/c1-24(51)49-35-39(58)37(56)29(22-60-10)62-42(35)65-44(3,4)32(54)16-18-46(7)20-26(12-15-33(46)55)27-13-14-31-47(8)19-17-34(64-41(47)28(53)21-48(27,31)9)45(5,6)66-43-36(50-25(2)52)40(59)38(57)30(63-43)23-61-11/h28-43,53-59H,12-23H2,1-11H3,(H,49,51)(H,50,52)/b27-26+/t28-,29-,30+,31-,32+,33-,34-,35+,36-,37+,38-,39+,40+,41-,42+,43-,46+,47-,48+/m0/s1. The van der Waals surface area contributed by atoms with Gasteiger partial charge >= 0.3 is 0 Å². The van der Waals surface area contributed by atoms with Crippen molar-refractivity contribution in [3.05, 3.63) is 11.1 Å². The van der Waals surface area contributed by atoms with Gasteiger partial charge in [0.25, 0.3) is 0 Å². The van der Waals surface area contributed by atoms with Gasteiger partial charge in [0.15, 0.2) is 12.6 Å². The lowest BCUT2D eigenvalue weighted by Gasteiger charge is -2.60. The third kappa shape index (κ3) is 10.6. The summed E-state index contributed by atoms with van der Waals surface area (Å²) in [6.07, 6.45) is -6.55. The summed E-state index contributed by atoms with van der Waals surface area (Å²) in [7, 11) is 2.90. The van der Waals surface area contributed by atoms with Gasteiger partial charge in [-0.05, 0) is 109 Å². The normalized spacial score (nSPS) is 44.8. The van der Waals surface area contributed by atoms with Gasteiger partial charge in [-0.2, -0.15) is 0 Å². The zero-order valence-corrected chi connectivity index (χ0v) is 41.0. The fourth-order valence-electron chi connectivity index (χ4n) is 12.8. The number of fused-ring (bicyclic) bond motifs is 3. The molecule has 6 aliphatic rings. The molecule has 3 heterocycles. The molecule has 0 radical (unpaired) electrons. The topological polar surface area (TPSA) is 264 Å². The molecule has 0 aromatic heterocycles. The quantitative estimate of drug-likeness (QED) is 0.105. The number of aliphatic hydroxyl groups is 7. The zero-order chi connectivity index (χ0) is 48.9. The molecule has 3 aliphatic carbocycles. The summed E-state index contributed by atoms with van der Waals surface area (Å²) in [6, 6.07) is -2.15. The van der Waals surface area contributed by atoms with Crippen LogP contribution in [0.15, 0.2) is 11.1 Å². The Bertz CT molecular complexity index is 1730. The highest BCUT2D eigenvalue weighted by Crippen LogP contribution is 2.66. The van der Waals surface area contributed by atoms with Crippen LogP contribution >= 0.6 is 0 Å². The van der Waals surface area contributed by atoms with Gasteiger partial charge in [0.1, 0.15) is 48.7 Å². The fraction of sp³-hybridized carbons (Fsp3) is 0.917. The Morgan fingerprint density at radius 3 is 1.85 bits per heavy atom. The SMILES string of the molecule is COC[C@@H]1O[C@H](OC(C)(C)[C@H](O)CC[C@]2(C)C/C(=C3\CC[C@H]4[C@]5(C)CC[C@@H](C(C)(C)O[C@@H]6O[C@H](COC)[C@H](O)[C@H](O)[C@@H]6NC(C)=O)O[C@H]5[C@@H](O)C[C@]34C)CC[C@@H]2O)[C@H](NC(C)=O)[C@@H](O)[C@@H]1O. The second-order valence-electron chi connectivity index (χ2n) is 22.2. The first-order valence-electron chi connectivity index (χ1n) is 24.0. The van der Waals surface area contributed by atoms with Crippen LogP contribution in [0, 0.1) is 22.2 Å². The molecule has 0 bridgehead atoms. The molecule has 6 rings (SSSR count). The molecule has 2 amide bonds. The van der Waals surface area contributed by atoms with Crippen molar-refractivity contribution < 1.29 is 78.5 Å². The van der Waals surface area contributed by atoms with E-state index in [-0.39, 0.29) is 36.4 Å². The molecule has 380 valence electrons. The van der Waals surface area contributed by atoms with Crippen molar-refractivity contribution >= 4 is 11.8 Å². The molecular formula is C48H82N2O16. The molecular weight excluding hydrogens is 861 g/mol. The van der Waals surface area contributed by atoms with Gasteiger partial charge in [0.2, 0.25) is 11.8 Å². The number of methoxy groups -OCH3 is 2. The Hall–Kier alpha value is -1.88. The van der Waals surface area contributed by atoms with Gasteiger partial charge in [-0.15, -0.1) is 0 Å². The summed E-state index contributed by atoms with van der Waals surface area (Å²) in [5.74, 6) is -0.650. The van der Waals surface area contributed by atoms with Crippen molar-refractivity contribution in [3.8, 4) is 0 Å². The molecule has 3 aliphatic heterocycles. The lowest BCUT2D eigenvalue weighted by atomic mass is 9.51. The minimum atomic E-state index is -1.41. The van der Waals surface area contributed by atoms with E-state index in [0.29, 0.717) is 32.1 Å². The first kappa shape index (κ1) is 53.5. The predicted molar refractivity (Wildman–Crippen MR) is 238 cm³/mol. The van der Waals surface area contributed by atoms with E-state index in [1.807, 2.05) is 13.8 Å². The van der Waals surface area contributed by atoms with Crippen molar-refractivity contribution in [2.75, 3.05) is 27.4 Å². The molecule has 0 aromatic rings. The number of aliphatic hydroxyl groups excluding tert-OH is 7. The molecule has 6 fully saturated rings. The number of nitrogens with one attached hydrogen (secondary N) is 2. The molecule has 0 unspecified atom stereocenters. The van der Waals surface area contributed by atoms with Crippen LogP contribution in [-0.4, -0.2) is 178 Å². The number of hydrogen-bond donors (Lipinski definition) is 9. The van der Waals surface area contributed by atoms with Crippen molar-refractivity contribution in [3.63, 3.8) is 0 Å². The van der Waals surface area contributed by atoms with Gasteiger partial charge in [-0.1, -0.05) is 31.9 Å². The number of hydrogen-bond acceptors (Lipinski definition) is 16. The number of carbonyl (C=O) groups excluding carboxylic acids is 2. The van der Waals surface area contributed by atoms with Crippen LogP contribution in [0.3, 0.4) is 0 Å². The molecule has 66 heavy (non-hydrogen) atoms. The lowest BCUT2D eigenvalue weighted by molar-refractivity contribution is -0.324. The molecule has 0 spiro atoms. The van der Waals surface area contributed by atoms with E-state index in [0.717, 1.165) is 25.7 Å². The third-order valence-electron chi connectivity index (χ3n) is 16.6. The molecule has 0 aromatic carbocycles. The monoisotopic (exact) mass is 943 g/mol. The summed E-state index contributed by atoms with van der Waals surface area (Å²) < 4.78 is 42.3. The maximum Gasteiger partial charge on any atom is 0.217 e. The second-order valence-corrected chi connectivity index (χ2v) is 22.2. The average Bonchev–Trinajstić information content (AvgIpc) is 3.58. The molecule has 9 N–H and O–H groups in total. The molecule has 3 saturated heterocycles. The molecule has 18 heteroatoms. The summed E-state index contributed by atoms with van der Waals surface area (Å²) in [6.45, 7) is 16.3. The zero-order valence-electron chi connectivity index (χ0n) is 41.0. The number of amides is 2. The minimum Gasteiger partial charge on any atom is -0.393 e. The molecule has 18 nitrogen and oxygen atoms in total. The Labute approximate surface area is 390 Å². The second kappa shape index (κ2) is 20.5. The maximum absolute atomic E-state index is 12.2. The van der Waals surface area contributed by atoms with Crippen LogP contribution in [0.5, 0.6) is 0 Å². The number of allylic oxidation sites excluding steroid dienone is 2. The largest absolute Gasteiger partial charge is 0.393 e. The highest BCUT2D eigenvalue weighted by molar-refractivity contribution is 5.73. The third-order valence-corrected chi connectivity index (χ3v) is 16.6. The first-order valence-corrected chi connectivity index (χ1v) is 24.0. The summed E-state index contributed by atoms with van der Waals surface area (Å²) in [5.41, 5.74) is -0.797. The highest BCUT2D eigenvalue weighted by atomic mass is 16.7. The number of rotatable bonds is 15. The summed E-state index contributed by atoms with van der Waals surface area (Å²) in [4.78, 5) is 24.2. The average molecular weight is 943 g/mol. The molecule has 19 atom stereocenters. The van der Waals surface area contributed by atoms with Crippen LogP contribution in [0.1, 0.15) is 127 Å². The maximum atomic E-state index is 12.2. The fourth-order valence-corrected chi connectivity index (χ4v) is 12.8. The van der Waals surface area contributed by atoms with E-state index in [1.165, 1.54) is 39.2 Å². The summed E-state index contributed by atoms with van der Waals surface area (Å²) >= 11 is 0. The predicted octanol–water partition coefficient (Wildman–Crippen LogP) is 1.50. The Morgan fingerprint density at radius 2 is 1.32 bits per heavy atom. The van der Waals surface area contributed by atoms with E-state index >= 15 is 0 Å². The Morgan fingerprint density at radius 1 is 0.773 bits per heavy atom. The minimum absolute atomic E-state index is 0.00395. The van der Waals surface area contributed by atoms with E-state index in [4.69, 9.17) is 33.2 Å². The Balaban J connectivity index is 1.14. The van der Waals surface area contributed by atoms with E-state index in [9.17, 15) is 45.3 Å². The molecule has 3 saturated carbocycles. The van der Waals surface area contributed by atoms with Gasteiger partial charge in [-0.25, -0.2) is 0 Å². The highest BCUT2D eigenvalue weighted by Gasteiger charge is 2.64. The number of ether oxygens (including phenoxy) is 7. The summed E-state index contributed by atoms with van der Waals surface area (Å²) in [5, 5.41) is 84.1. The van der Waals surface area contributed by atoms with E-state index in [2.05, 4.69) is 31.4 Å². The first-order chi connectivity index (χ1) is 30.7. The lowest BCUT2D eigenvalue weighted by Crippen LogP contribution is -2.67. The smallest absolute Gasteiger partial charge is 0.217 e. The van der Waals surface area contributed by atoms with E-state index < -0.39 is 120 Å². The van der Waals surface area contributed by atoms with Crippen LogP contribution in [0.2, 0.25) is 0 Å². The van der Waals surface area contributed by atoms with Crippen LogP contribution in [0.4, 0.5) is 0 Å². The number of carbonyl (C=O) groups is 2. The van der Waals surface area contributed by atoms with E-state index in [1.54, 1.807) is 13.8 Å². The van der Waals surface area contributed by atoms with Crippen LogP contribution in [0.25, 0.3) is 0 Å². The Kier molecular flexibility index (Phi) is 16.6. The van der Waals surface area contributed by atoms with Crippen LogP contribution < -0.4 is 10.6 Å². The van der Waals surface area contributed by atoms with Crippen molar-refractivity contribution in [1.82, 2.24) is 10.6 Å². The van der Waals surface area contributed by atoms with Crippen molar-refractivity contribution in [1.29, 1.82) is 0 Å². The van der Waals surface area contributed by atoms with Crippen molar-refractivity contribution in [2.24, 2.45) is 22.2 Å². The van der Waals surface area contributed by atoms with Crippen molar-refractivity contribution in [2.45, 2.75) is 230 Å². The van der Waals surface area contributed by atoms with Gasteiger partial charge < -0.3 is 79.5 Å². The van der Waals surface area contributed by atoms with Gasteiger partial charge in [-0.3, -0.25) is 9.59 Å². The van der Waals surface area contributed by atoms with Gasteiger partial charge in [0.05, 0.1) is 54.9 Å².